The first-order valence-corrected chi connectivity index (χ1v) is 8.33. The summed E-state index contributed by atoms with van der Waals surface area (Å²) in [7, 11) is 0. The first kappa shape index (κ1) is 19.3. The van der Waals surface area contributed by atoms with Crippen molar-refractivity contribution >= 4 is 23.7 Å². The third-order valence-corrected chi connectivity index (χ3v) is 3.47. The lowest BCUT2D eigenvalue weighted by molar-refractivity contribution is -0.120. The predicted molar refractivity (Wildman–Crippen MR) is 99.4 cm³/mol. The Morgan fingerprint density at radius 3 is 2.69 bits per heavy atom. The Morgan fingerprint density at radius 2 is 2.00 bits per heavy atom. The molecule has 2 rings (SSSR count). The molecule has 1 N–H and O–H groups in total. The van der Waals surface area contributed by atoms with Gasteiger partial charge in [-0.1, -0.05) is 23.7 Å². The number of nitrogens with one attached hydrogen (secondary N) is 1. The number of hydrazone groups is 1. The van der Waals surface area contributed by atoms with Crippen molar-refractivity contribution in [3.8, 4) is 17.6 Å². The number of nitrogens with zero attached hydrogens (tertiary/aromatic N) is 2. The number of carbonyl (C=O) groups is 1. The molecular weight excluding hydrogens is 354 g/mol. The second-order valence-electron chi connectivity index (χ2n) is 5.18. The van der Waals surface area contributed by atoms with Gasteiger partial charge in [0.15, 0.2) is 11.5 Å². The number of rotatable bonds is 8. The number of ether oxygens (including phenoxy) is 2. The summed E-state index contributed by atoms with van der Waals surface area (Å²) in [6.07, 6.45) is 1.24. The van der Waals surface area contributed by atoms with Gasteiger partial charge in [0.05, 0.1) is 18.9 Å². The number of carbonyl (C=O) groups excluding carboxylic acids is 1. The summed E-state index contributed by atoms with van der Waals surface area (Å²) in [6.45, 7) is 2.75. The Labute approximate surface area is 157 Å². The highest BCUT2D eigenvalue weighted by Crippen LogP contribution is 2.29. The third kappa shape index (κ3) is 6.11. The topological polar surface area (TPSA) is 83.7 Å². The Bertz CT molecular complexity index is 814. The predicted octanol–water partition coefficient (Wildman–Crippen LogP) is 3.68. The fourth-order valence-electron chi connectivity index (χ4n) is 2.02. The lowest BCUT2D eigenvalue weighted by Gasteiger charge is -2.12. The first-order chi connectivity index (χ1) is 12.6. The third-order valence-electron chi connectivity index (χ3n) is 3.22. The van der Waals surface area contributed by atoms with E-state index in [2.05, 4.69) is 10.5 Å². The molecule has 0 heterocycles. The van der Waals surface area contributed by atoms with Crippen molar-refractivity contribution < 1.29 is 14.3 Å². The van der Waals surface area contributed by atoms with Crippen LogP contribution in [0.5, 0.6) is 11.5 Å². The molecule has 1 amide bonds. The minimum absolute atomic E-state index is 0.237. The van der Waals surface area contributed by atoms with Crippen LogP contribution in [0.4, 0.5) is 0 Å². The van der Waals surface area contributed by atoms with E-state index in [4.69, 9.17) is 26.3 Å². The van der Waals surface area contributed by atoms with Crippen LogP contribution < -0.4 is 14.9 Å². The molecule has 2 aromatic rings. The van der Waals surface area contributed by atoms with Crippen molar-refractivity contribution in [2.24, 2.45) is 5.10 Å². The minimum atomic E-state index is -0.461. The first-order valence-electron chi connectivity index (χ1n) is 7.95. The van der Waals surface area contributed by atoms with Crippen LogP contribution in [0.25, 0.3) is 0 Å². The molecule has 2 aromatic carbocycles. The van der Waals surface area contributed by atoms with Gasteiger partial charge in [-0.15, -0.1) is 0 Å². The number of benzene rings is 2. The van der Waals surface area contributed by atoms with E-state index < -0.39 is 5.91 Å². The molecule has 0 aliphatic carbocycles. The van der Waals surface area contributed by atoms with Crippen LogP contribution in [0, 0.1) is 11.3 Å². The van der Waals surface area contributed by atoms with Crippen molar-refractivity contribution in [3.63, 3.8) is 0 Å². The quantitative estimate of drug-likeness (QED) is 0.566. The van der Waals surface area contributed by atoms with E-state index >= 15 is 0 Å². The van der Waals surface area contributed by atoms with Gasteiger partial charge >= 0.3 is 0 Å². The molecule has 0 unspecified atom stereocenters. The van der Waals surface area contributed by atoms with E-state index in [9.17, 15) is 4.79 Å². The van der Waals surface area contributed by atoms with Gasteiger partial charge in [0.2, 0.25) is 0 Å². The van der Waals surface area contributed by atoms with Crippen molar-refractivity contribution in [1.82, 2.24) is 5.43 Å². The van der Waals surface area contributed by atoms with Crippen molar-refractivity contribution in [3.05, 3.63) is 58.6 Å². The lowest BCUT2D eigenvalue weighted by Crippen LogP contribution is -2.16. The highest BCUT2D eigenvalue weighted by molar-refractivity contribution is 6.30. The van der Waals surface area contributed by atoms with E-state index in [0.29, 0.717) is 29.7 Å². The number of amides is 1. The SMILES string of the molecule is CCOc1cc(/C=N\NC(=O)CC#N)ccc1OCc1ccc(Cl)cc1. The monoisotopic (exact) mass is 371 g/mol. The van der Waals surface area contributed by atoms with Crippen LogP contribution in [-0.2, 0) is 11.4 Å². The van der Waals surface area contributed by atoms with Gasteiger partial charge in [0.25, 0.3) is 5.91 Å². The van der Waals surface area contributed by atoms with Gasteiger partial charge in [-0.3, -0.25) is 4.79 Å². The average Bonchev–Trinajstić information content (AvgIpc) is 2.63. The van der Waals surface area contributed by atoms with E-state index in [-0.39, 0.29) is 6.42 Å². The zero-order valence-electron chi connectivity index (χ0n) is 14.2. The highest BCUT2D eigenvalue weighted by Gasteiger charge is 2.07. The van der Waals surface area contributed by atoms with Crippen molar-refractivity contribution in [1.29, 1.82) is 5.26 Å². The largest absolute Gasteiger partial charge is 0.490 e. The second kappa shape index (κ2) is 10.1. The minimum Gasteiger partial charge on any atom is -0.490 e. The normalized spacial score (nSPS) is 10.3. The summed E-state index contributed by atoms with van der Waals surface area (Å²) in [6, 6.07) is 14.5. The van der Waals surface area contributed by atoms with Crippen LogP contribution >= 0.6 is 11.6 Å². The summed E-state index contributed by atoms with van der Waals surface area (Å²) in [5, 5.41) is 12.9. The fourth-order valence-corrected chi connectivity index (χ4v) is 2.15. The van der Waals surface area contributed by atoms with E-state index in [1.807, 2.05) is 31.2 Å². The Kier molecular flexibility index (Phi) is 7.47. The number of hydrogen-bond acceptors (Lipinski definition) is 5. The standard InChI is InChI=1S/C19H18ClN3O3/c1-2-25-18-11-15(12-22-23-19(24)9-10-21)5-8-17(18)26-13-14-3-6-16(20)7-4-14/h3-8,11-12H,2,9,13H2,1H3,(H,23,24)/b22-12-. The molecule has 0 fully saturated rings. The van der Waals surface area contributed by atoms with Crippen LogP contribution in [0.3, 0.4) is 0 Å². The summed E-state index contributed by atoms with van der Waals surface area (Å²) in [4.78, 5) is 11.2. The zero-order valence-corrected chi connectivity index (χ0v) is 15.0. The van der Waals surface area contributed by atoms with E-state index in [1.54, 1.807) is 24.3 Å². The van der Waals surface area contributed by atoms with Crippen molar-refractivity contribution in [2.45, 2.75) is 20.0 Å². The van der Waals surface area contributed by atoms with Gasteiger partial charge in [0, 0.05) is 5.02 Å². The fraction of sp³-hybridized carbons (Fsp3) is 0.211. The van der Waals surface area contributed by atoms with Crippen LogP contribution in [-0.4, -0.2) is 18.7 Å². The average molecular weight is 372 g/mol. The molecule has 0 bridgehead atoms. The summed E-state index contributed by atoms with van der Waals surface area (Å²) < 4.78 is 11.4. The maximum Gasteiger partial charge on any atom is 0.254 e. The van der Waals surface area contributed by atoms with Crippen molar-refractivity contribution in [2.75, 3.05) is 6.61 Å². The maximum absolute atomic E-state index is 11.2. The molecule has 0 aromatic heterocycles. The molecular formula is C19H18ClN3O3. The summed E-state index contributed by atoms with van der Waals surface area (Å²) in [5.74, 6) is 0.720. The molecule has 0 saturated carbocycles. The molecule has 0 spiro atoms. The van der Waals surface area contributed by atoms with Gasteiger partial charge in [0.1, 0.15) is 13.0 Å². The Balaban J connectivity index is 2.05. The zero-order chi connectivity index (χ0) is 18.8. The van der Waals surface area contributed by atoms with Gasteiger partial charge < -0.3 is 9.47 Å². The Hall–Kier alpha value is -3.04. The second-order valence-corrected chi connectivity index (χ2v) is 5.62. The smallest absolute Gasteiger partial charge is 0.254 e. The lowest BCUT2D eigenvalue weighted by atomic mass is 10.2. The summed E-state index contributed by atoms with van der Waals surface area (Å²) in [5.41, 5.74) is 3.99. The van der Waals surface area contributed by atoms with E-state index in [0.717, 1.165) is 11.1 Å². The van der Waals surface area contributed by atoms with Crippen LogP contribution in [0.1, 0.15) is 24.5 Å². The molecule has 7 heteroatoms. The van der Waals surface area contributed by atoms with Crippen LogP contribution in [0.15, 0.2) is 47.6 Å². The molecule has 134 valence electrons. The number of nitriles is 1. The molecule has 0 saturated heterocycles. The highest BCUT2D eigenvalue weighted by atomic mass is 35.5. The van der Waals surface area contributed by atoms with Gasteiger partial charge in [-0.25, -0.2) is 5.43 Å². The maximum atomic E-state index is 11.2. The molecule has 0 atom stereocenters. The number of halogens is 1. The van der Waals surface area contributed by atoms with Crippen LogP contribution in [0.2, 0.25) is 5.02 Å². The molecule has 26 heavy (non-hydrogen) atoms. The Morgan fingerprint density at radius 1 is 1.23 bits per heavy atom. The molecule has 0 aliphatic heterocycles. The van der Waals surface area contributed by atoms with Gasteiger partial charge in [-0.05, 0) is 48.4 Å². The summed E-state index contributed by atoms with van der Waals surface area (Å²) >= 11 is 5.88. The van der Waals surface area contributed by atoms with E-state index in [1.165, 1.54) is 6.21 Å². The molecule has 6 nitrogen and oxygen atoms in total. The number of hydrogen-bond donors (Lipinski definition) is 1. The molecule has 0 radical (unpaired) electrons. The molecule has 0 aliphatic rings. The van der Waals surface area contributed by atoms with Gasteiger partial charge in [-0.2, -0.15) is 10.4 Å².